The highest BCUT2D eigenvalue weighted by atomic mass is 35.5. The molecule has 84 valence electrons. The Kier molecular flexibility index (Phi) is 2.77. The van der Waals surface area contributed by atoms with Crippen LogP contribution in [0, 0.1) is 0 Å². The molecule has 0 spiro atoms. The van der Waals surface area contributed by atoms with Gasteiger partial charge in [0.2, 0.25) is 0 Å². The van der Waals surface area contributed by atoms with Gasteiger partial charge in [-0.25, -0.2) is 0 Å². The molecular formula is C11H18ClN3. The molecule has 0 aromatic carbocycles. The Morgan fingerprint density at radius 3 is 2.60 bits per heavy atom. The average Bonchev–Trinajstić information content (AvgIpc) is 2.42. The van der Waals surface area contributed by atoms with E-state index in [2.05, 4.69) is 12.0 Å². The Morgan fingerprint density at radius 2 is 2.20 bits per heavy atom. The van der Waals surface area contributed by atoms with E-state index in [1.165, 1.54) is 6.42 Å². The van der Waals surface area contributed by atoms with Crippen molar-refractivity contribution in [2.75, 3.05) is 0 Å². The van der Waals surface area contributed by atoms with Gasteiger partial charge in [-0.05, 0) is 25.7 Å². The van der Waals surface area contributed by atoms with E-state index in [4.69, 9.17) is 17.3 Å². The lowest BCUT2D eigenvalue weighted by molar-refractivity contribution is 0.243. The average molecular weight is 228 g/mol. The number of nitrogens with zero attached hydrogens (tertiary/aromatic N) is 2. The molecule has 1 saturated carbocycles. The van der Waals surface area contributed by atoms with Crippen molar-refractivity contribution in [3.8, 4) is 0 Å². The number of hydrogen-bond acceptors (Lipinski definition) is 2. The van der Waals surface area contributed by atoms with Crippen molar-refractivity contribution in [3.05, 3.63) is 16.4 Å². The van der Waals surface area contributed by atoms with Crippen LogP contribution in [0.3, 0.4) is 0 Å². The Hall–Kier alpha value is -0.540. The normalized spacial score (nSPS) is 18.9. The van der Waals surface area contributed by atoms with E-state index in [0.29, 0.717) is 0 Å². The van der Waals surface area contributed by atoms with Crippen LogP contribution in [-0.4, -0.2) is 15.3 Å². The minimum atomic E-state index is -0.0254. The molecule has 0 atom stereocenters. The summed E-state index contributed by atoms with van der Waals surface area (Å²) in [4.78, 5) is 0. The smallest absolute Gasteiger partial charge is 0.0850 e. The highest BCUT2D eigenvalue weighted by Gasteiger charge is 2.34. The molecule has 0 unspecified atom stereocenters. The maximum absolute atomic E-state index is 6.28. The van der Waals surface area contributed by atoms with E-state index >= 15 is 0 Å². The summed E-state index contributed by atoms with van der Waals surface area (Å²) in [6, 6.07) is 0. The molecule has 1 aliphatic carbocycles. The van der Waals surface area contributed by atoms with E-state index in [1.807, 2.05) is 11.7 Å². The fourth-order valence-electron chi connectivity index (χ4n) is 2.15. The third kappa shape index (κ3) is 1.91. The van der Waals surface area contributed by atoms with E-state index in [0.717, 1.165) is 42.1 Å². The van der Waals surface area contributed by atoms with Crippen molar-refractivity contribution >= 4 is 11.6 Å². The van der Waals surface area contributed by atoms with Gasteiger partial charge in [0.25, 0.3) is 0 Å². The van der Waals surface area contributed by atoms with Crippen LogP contribution in [0.25, 0.3) is 0 Å². The van der Waals surface area contributed by atoms with Gasteiger partial charge in [-0.1, -0.05) is 18.5 Å². The molecule has 4 heteroatoms. The zero-order valence-electron chi connectivity index (χ0n) is 9.39. The number of aromatic nitrogens is 2. The van der Waals surface area contributed by atoms with Gasteiger partial charge in [0, 0.05) is 19.0 Å². The van der Waals surface area contributed by atoms with Crippen LogP contribution < -0.4 is 5.73 Å². The Bertz CT molecular complexity index is 366. The summed E-state index contributed by atoms with van der Waals surface area (Å²) in [5, 5.41) is 5.22. The summed E-state index contributed by atoms with van der Waals surface area (Å²) in [5.41, 5.74) is 8.27. The summed E-state index contributed by atoms with van der Waals surface area (Å²) >= 11 is 6.28. The molecule has 1 aromatic heterocycles. The number of nitrogens with two attached hydrogens (primary N) is 1. The third-order valence-electron chi connectivity index (χ3n) is 3.37. The van der Waals surface area contributed by atoms with Gasteiger partial charge in [-0.2, -0.15) is 5.10 Å². The number of aryl methyl sites for hydroxylation is 2. The summed E-state index contributed by atoms with van der Waals surface area (Å²) in [6.45, 7) is 2.07. The maximum Gasteiger partial charge on any atom is 0.0850 e. The molecular weight excluding hydrogens is 210 g/mol. The molecule has 2 N–H and O–H groups in total. The van der Waals surface area contributed by atoms with Gasteiger partial charge in [-0.15, -0.1) is 0 Å². The van der Waals surface area contributed by atoms with Gasteiger partial charge in [0.15, 0.2) is 0 Å². The highest BCUT2D eigenvalue weighted by Crippen LogP contribution is 2.34. The van der Waals surface area contributed by atoms with Gasteiger partial charge in [-0.3, -0.25) is 4.68 Å². The molecule has 0 aliphatic heterocycles. The van der Waals surface area contributed by atoms with Crippen molar-refractivity contribution in [2.45, 2.75) is 44.6 Å². The predicted octanol–water partition coefficient (Wildman–Crippen LogP) is 2.06. The number of hydrogen-bond donors (Lipinski definition) is 1. The molecule has 15 heavy (non-hydrogen) atoms. The highest BCUT2D eigenvalue weighted by molar-refractivity contribution is 6.31. The SMILES string of the molecule is CCc1nn(C)c(CC2(N)CCC2)c1Cl. The second kappa shape index (κ2) is 3.80. The van der Waals surface area contributed by atoms with Crippen molar-refractivity contribution in [1.82, 2.24) is 9.78 Å². The molecule has 0 radical (unpaired) electrons. The van der Waals surface area contributed by atoms with E-state index in [9.17, 15) is 0 Å². The van der Waals surface area contributed by atoms with E-state index < -0.39 is 0 Å². The van der Waals surface area contributed by atoms with Crippen molar-refractivity contribution < 1.29 is 0 Å². The lowest BCUT2D eigenvalue weighted by atomic mass is 9.74. The first-order chi connectivity index (χ1) is 7.06. The monoisotopic (exact) mass is 227 g/mol. The zero-order valence-corrected chi connectivity index (χ0v) is 10.1. The van der Waals surface area contributed by atoms with Gasteiger partial charge in [0.05, 0.1) is 16.4 Å². The number of halogens is 1. The summed E-state index contributed by atoms with van der Waals surface area (Å²) < 4.78 is 1.88. The molecule has 0 amide bonds. The van der Waals surface area contributed by atoms with Crippen molar-refractivity contribution in [3.63, 3.8) is 0 Å². The van der Waals surface area contributed by atoms with Crippen LogP contribution in [0.2, 0.25) is 5.02 Å². The molecule has 2 rings (SSSR count). The van der Waals surface area contributed by atoms with Gasteiger partial charge < -0.3 is 5.73 Å². The maximum atomic E-state index is 6.28. The molecule has 1 heterocycles. The first kappa shape index (κ1) is 11.0. The quantitative estimate of drug-likeness (QED) is 0.859. The molecule has 1 aliphatic rings. The van der Waals surface area contributed by atoms with E-state index in [1.54, 1.807) is 0 Å². The lowest BCUT2D eigenvalue weighted by Crippen LogP contribution is -2.48. The molecule has 3 nitrogen and oxygen atoms in total. The van der Waals surface area contributed by atoms with Crippen LogP contribution in [0.4, 0.5) is 0 Å². The van der Waals surface area contributed by atoms with Crippen molar-refractivity contribution in [1.29, 1.82) is 0 Å². The Labute approximate surface area is 95.6 Å². The molecule has 0 bridgehead atoms. The van der Waals surface area contributed by atoms with E-state index in [-0.39, 0.29) is 5.54 Å². The van der Waals surface area contributed by atoms with Gasteiger partial charge in [0.1, 0.15) is 0 Å². The number of rotatable bonds is 3. The second-order valence-corrected chi connectivity index (χ2v) is 4.96. The minimum Gasteiger partial charge on any atom is -0.325 e. The van der Waals surface area contributed by atoms with Crippen LogP contribution in [-0.2, 0) is 19.9 Å². The molecule has 1 aromatic rings. The first-order valence-electron chi connectivity index (χ1n) is 5.55. The second-order valence-electron chi connectivity index (χ2n) is 4.58. The van der Waals surface area contributed by atoms with Crippen LogP contribution in [0.15, 0.2) is 0 Å². The third-order valence-corrected chi connectivity index (χ3v) is 3.81. The van der Waals surface area contributed by atoms with Crippen LogP contribution in [0.1, 0.15) is 37.6 Å². The first-order valence-corrected chi connectivity index (χ1v) is 5.92. The van der Waals surface area contributed by atoms with Gasteiger partial charge >= 0.3 is 0 Å². The zero-order chi connectivity index (χ0) is 11.1. The lowest BCUT2D eigenvalue weighted by Gasteiger charge is -2.38. The molecule has 1 fully saturated rings. The predicted molar refractivity (Wildman–Crippen MR) is 62.1 cm³/mol. The molecule has 0 saturated heterocycles. The Morgan fingerprint density at radius 1 is 1.53 bits per heavy atom. The fourth-order valence-corrected chi connectivity index (χ4v) is 2.51. The van der Waals surface area contributed by atoms with Crippen molar-refractivity contribution in [2.24, 2.45) is 12.8 Å². The minimum absolute atomic E-state index is 0.0254. The summed E-state index contributed by atoms with van der Waals surface area (Å²) in [7, 11) is 1.95. The van der Waals surface area contributed by atoms with Crippen LogP contribution >= 0.6 is 11.6 Å². The van der Waals surface area contributed by atoms with Crippen LogP contribution in [0.5, 0.6) is 0 Å². The largest absolute Gasteiger partial charge is 0.325 e. The topological polar surface area (TPSA) is 43.8 Å². The summed E-state index contributed by atoms with van der Waals surface area (Å²) in [5.74, 6) is 0. The summed E-state index contributed by atoms with van der Waals surface area (Å²) in [6.07, 6.45) is 5.19. The Balaban J connectivity index is 2.23. The standard InChI is InChI=1S/C11H18ClN3/c1-3-8-10(12)9(15(2)14-8)7-11(13)5-4-6-11/h3-7,13H2,1-2H3. The fraction of sp³-hybridized carbons (Fsp3) is 0.727.